The molecule has 5 nitrogen and oxygen atoms in total. The first-order valence-corrected chi connectivity index (χ1v) is 11.6. The fourth-order valence-corrected chi connectivity index (χ4v) is 4.78. The highest BCUT2D eigenvalue weighted by Crippen LogP contribution is 2.33. The van der Waals surface area contributed by atoms with Crippen molar-refractivity contribution < 1.29 is 4.79 Å². The van der Waals surface area contributed by atoms with E-state index in [4.69, 9.17) is 0 Å². The minimum Gasteiger partial charge on any atom is -0.325 e. The Morgan fingerprint density at radius 3 is 2.63 bits per heavy atom. The largest absolute Gasteiger partial charge is 0.325 e. The molecule has 30 heavy (non-hydrogen) atoms. The number of anilines is 1. The summed E-state index contributed by atoms with van der Waals surface area (Å²) >= 11 is 1.46. The van der Waals surface area contributed by atoms with Gasteiger partial charge in [-0.3, -0.25) is 4.79 Å². The van der Waals surface area contributed by atoms with Crippen LogP contribution >= 0.6 is 11.8 Å². The van der Waals surface area contributed by atoms with Crippen LogP contribution < -0.4 is 5.32 Å². The number of hydrogen-bond acceptors (Lipinski definition) is 4. The predicted octanol–water partition coefficient (Wildman–Crippen LogP) is 5.41. The quantitative estimate of drug-likeness (QED) is 0.519. The van der Waals surface area contributed by atoms with Crippen LogP contribution in [0.3, 0.4) is 0 Å². The third-order valence-electron chi connectivity index (χ3n) is 5.53. The SMILES string of the molecule is Cc1cccc(NC(=O)CSc2nnc(C3CCCCC3)n2Cc2ccccc2)c1. The molecule has 156 valence electrons. The van der Waals surface area contributed by atoms with E-state index in [9.17, 15) is 4.79 Å². The van der Waals surface area contributed by atoms with Crippen LogP contribution in [0.1, 0.15) is 55.0 Å². The predicted molar refractivity (Wildman–Crippen MR) is 122 cm³/mol. The van der Waals surface area contributed by atoms with Gasteiger partial charge in [0.15, 0.2) is 5.16 Å². The summed E-state index contributed by atoms with van der Waals surface area (Å²) in [6, 6.07) is 18.3. The van der Waals surface area contributed by atoms with E-state index in [1.165, 1.54) is 49.4 Å². The zero-order valence-corrected chi connectivity index (χ0v) is 18.2. The van der Waals surface area contributed by atoms with E-state index < -0.39 is 0 Å². The minimum absolute atomic E-state index is 0.0286. The summed E-state index contributed by atoms with van der Waals surface area (Å²) in [6.45, 7) is 2.75. The van der Waals surface area contributed by atoms with Gasteiger partial charge in [0.25, 0.3) is 0 Å². The summed E-state index contributed by atoms with van der Waals surface area (Å²) < 4.78 is 2.22. The molecule has 0 spiro atoms. The fraction of sp³-hybridized carbons (Fsp3) is 0.375. The van der Waals surface area contributed by atoms with E-state index in [2.05, 4.69) is 44.3 Å². The summed E-state index contributed by atoms with van der Waals surface area (Å²) in [5.74, 6) is 1.82. The van der Waals surface area contributed by atoms with Crippen LogP contribution in [-0.4, -0.2) is 26.4 Å². The lowest BCUT2D eigenvalue weighted by Crippen LogP contribution is -2.16. The molecule has 0 aliphatic heterocycles. The van der Waals surface area contributed by atoms with E-state index in [1.807, 2.05) is 37.3 Å². The van der Waals surface area contributed by atoms with Gasteiger partial charge in [0.1, 0.15) is 5.82 Å². The van der Waals surface area contributed by atoms with Crippen molar-refractivity contribution in [2.45, 2.75) is 56.6 Å². The van der Waals surface area contributed by atoms with Crippen LogP contribution in [-0.2, 0) is 11.3 Å². The van der Waals surface area contributed by atoms with Gasteiger partial charge in [-0.05, 0) is 43.0 Å². The van der Waals surface area contributed by atoms with Crippen LogP contribution in [0, 0.1) is 6.92 Å². The van der Waals surface area contributed by atoms with Crippen LogP contribution in [0.5, 0.6) is 0 Å². The Kier molecular flexibility index (Phi) is 6.84. The van der Waals surface area contributed by atoms with Gasteiger partial charge in [-0.25, -0.2) is 0 Å². The molecule has 1 N–H and O–H groups in total. The number of nitrogens with zero attached hydrogens (tertiary/aromatic N) is 3. The second-order valence-corrected chi connectivity index (χ2v) is 8.90. The van der Waals surface area contributed by atoms with Crippen molar-refractivity contribution in [1.82, 2.24) is 14.8 Å². The number of carbonyl (C=O) groups is 1. The standard InChI is InChI=1S/C24H28N4OS/c1-18-9-8-14-21(15-18)25-22(29)17-30-24-27-26-23(20-12-6-3-7-13-20)28(24)16-19-10-4-2-5-11-19/h2,4-5,8-11,14-15,20H,3,6-7,12-13,16-17H2,1H3,(H,25,29). The van der Waals surface area contributed by atoms with Gasteiger partial charge in [0, 0.05) is 11.6 Å². The molecular weight excluding hydrogens is 392 g/mol. The van der Waals surface area contributed by atoms with Crippen molar-refractivity contribution in [2.75, 3.05) is 11.1 Å². The molecule has 1 aliphatic rings. The molecule has 4 rings (SSSR count). The molecule has 1 amide bonds. The van der Waals surface area contributed by atoms with Crippen LogP contribution in [0.25, 0.3) is 0 Å². The number of amides is 1. The maximum absolute atomic E-state index is 12.5. The Morgan fingerprint density at radius 2 is 1.87 bits per heavy atom. The monoisotopic (exact) mass is 420 g/mol. The first-order chi connectivity index (χ1) is 14.7. The maximum atomic E-state index is 12.5. The van der Waals surface area contributed by atoms with E-state index in [-0.39, 0.29) is 5.91 Å². The molecule has 1 saturated carbocycles. The van der Waals surface area contributed by atoms with Gasteiger partial charge in [-0.15, -0.1) is 10.2 Å². The topological polar surface area (TPSA) is 59.8 Å². The maximum Gasteiger partial charge on any atom is 0.234 e. The number of carbonyl (C=O) groups excluding carboxylic acids is 1. The van der Waals surface area contributed by atoms with E-state index >= 15 is 0 Å². The summed E-state index contributed by atoms with van der Waals surface area (Å²) in [5, 5.41) is 12.8. The lowest BCUT2D eigenvalue weighted by atomic mass is 9.88. The zero-order chi connectivity index (χ0) is 20.8. The number of aromatic nitrogens is 3. The average Bonchev–Trinajstić information content (AvgIpc) is 3.16. The number of nitrogens with one attached hydrogen (secondary N) is 1. The Labute approximate surface area is 182 Å². The minimum atomic E-state index is -0.0286. The number of hydrogen-bond donors (Lipinski definition) is 1. The first kappa shape index (κ1) is 20.7. The highest BCUT2D eigenvalue weighted by molar-refractivity contribution is 7.99. The van der Waals surface area contributed by atoms with Crippen molar-refractivity contribution in [1.29, 1.82) is 0 Å². The molecule has 2 aromatic carbocycles. The highest BCUT2D eigenvalue weighted by atomic mass is 32.2. The van der Waals surface area contributed by atoms with Gasteiger partial charge >= 0.3 is 0 Å². The Balaban J connectivity index is 1.48. The molecule has 0 atom stereocenters. The molecule has 1 aromatic heterocycles. The molecule has 1 fully saturated rings. The normalized spacial score (nSPS) is 14.6. The van der Waals surface area contributed by atoms with E-state index in [0.717, 1.165) is 28.8 Å². The van der Waals surface area contributed by atoms with Gasteiger partial charge in [0.2, 0.25) is 5.91 Å². The number of aryl methyl sites for hydroxylation is 1. The molecule has 6 heteroatoms. The first-order valence-electron chi connectivity index (χ1n) is 10.7. The molecule has 3 aromatic rings. The molecular formula is C24H28N4OS. The molecule has 1 heterocycles. The Morgan fingerprint density at radius 1 is 1.07 bits per heavy atom. The van der Waals surface area contributed by atoms with Crippen molar-refractivity contribution in [3.8, 4) is 0 Å². The zero-order valence-electron chi connectivity index (χ0n) is 17.4. The summed E-state index contributed by atoms with van der Waals surface area (Å²) in [7, 11) is 0. The van der Waals surface area contributed by atoms with Gasteiger partial charge < -0.3 is 9.88 Å². The summed E-state index contributed by atoms with van der Waals surface area (Å²) in [4.78, 5) is 12.5. The van der Waals surface area contributed by atoms with E-state index in [1.54, 1.807) is 0 Å². The number of benzene rings is 2. The molecule has 0 saturated heterocycles. The Bertz CT molecular complexity index is 980. The van der Waals surface area contributed by atoms with Crippen LogP contribution in [0.2, 0.25) is 0 Å². The van der Waals surface area contributed by atoms with Crippen molar-refractivity contribution in [3.05, 3.63) is 71.5 Å². The van der Waals surface area contributed by atoms with Crippen molar-refractivity contribution in [3.63, 3.8) is 0 Å². The van der Waals surface area contributed by atoms with Gasteiger partial charge in [-0.2, -0.15) is 0 Å². The third-order valence-corrected chi connectivity index (χ3v) is 6.50. The van der Waals surface area contributed by atoms with Crippen molar-refractivity contribution >= 4 is 23.4 Å². The second-order valence-electron chi connectivity index (χ2n) is 7.95. The lowest BCUT2D eigenvalue weighted by Gasteiger charge is -2.22. The van der Waals surface area contributed by atoms with E-state index in [0.29, 0.717) is 11.7 Å². The third kappa shape index (κ3) is 5.30. The van der Waals surface area contributed by atoms with Crippen LogP contribution in [0.15, 0.2) is 59.8 Å². The average molecular weight is 421 g/mol. The fourth-order valence-electron chi connectivity index (χ4n) is 4.03. The van der Waals surface area contributed by atoms with Gasteiger partial charge in [-0.1, -0.05) is 73.5 Å². The van der Waals surface area contributed by atoms with Gasteiger partial charge in [0.05, 0.1) is 12.3 Å². The molecule has 0 radical (unpaired) electrons. The lowest BCUT2D eigenvalue weighted by molar-refractivity contribution is -0.113. The second kappa shape index (κ2) is 9.94. The molecule has 0 bridgehead atoms. The number of thioether (sulfide) groups is 1. The molecule has 0 unspecified atom stereocenters. The van der Waals surface area contributed by atoms with Crippen LogP contribution in [0.4, 0.5) is 5.69 Å². The summed E-state index contributed by atoms with van der Waals surface area (Å²) in [6.07, 6.45) is 6.16. The summed E-state index contributed by atoms with van der Waals surface area (Å²) in [5.41, 5.74) is 3.18. The highest BCUT2D eigenvalue weighted by Gasteiger charge is 2.24. The molecule has 1 aliphatic carbocycles. The number of rotatable bonds is 7. The smallest absolute Gasteiger partial charge is 0.234 e. The van der Waals surface area contributed by atoms with Crippen molar-refractivity contribution in [2.24, 2.45) is 0 Å². The Hall–Kier alpha value is -2.60.